The molecular formula is C17H21NO2S. The Balaban J connectivity index is 2.14. The third kappa shape index (κ3) is 2.69. The monoisotopic (exact) mass is 303 g/mol. The first-order valence-corrected chi connectivity index (χ1v) is 8.81. The van der Waals surface area contributed by atoms with Crippen LogP contribution in [0.25, 0.3) is 5.57 Å². The topological polar surface area (TPSA) is 38.3 Å². The van der Waals surface area contributed by atoms with Gasteiger partial charge >= 0.3 is 0 Å². The first-order valence-electron chi connectivity index (χ1n) is 7.42. The number of fused-ring (bicyclic) bond motifs is 3. The summed E-state index contributed by atoms with van der Waals surface area (Å²) in [7, 11) is 1.70. The molecule has 3 nitrogen and oxygen atoms in total. The van der Waals surface area contributed by atoms with E-state index in [1.807, 2.05) is 6.07 Å². The summed E-state index contributed by atoms with van der Waals surface area (Å²) >= 11 is 1.72. The number of aryl methyl sites for hydroxylation is 1. The van der Waals surface area contributed by atoms with Crippen molar-refractivity contribution in [3.8, 4) is 5.75 Å². The van der Waals surface area contributed by atoms with E-state index in [0.717, 1.165) is 42.9 Å². The van der Waals surface area contributed by atoms with Crippen molar-refractivity contribution in [3.63, 3.8) is 0 Å². The van der Waals surface area contributed by atoms with Gasteiger partial charge in [-0.05, 0) is 60.3 Å². The van der Waals surface area contributed by atoms with Crippen molar-refractivity contribution < 1.29 is 9.53 Å². The molecule has 0 spiro atoms. The molecule has 112 valence electrons. The molecule has 0 fully saturated rings. The Morgan fingerprint density at radius 3 is 3.00 bits per heavy atom. The standard InChI is InChI=1S/C17H21NO2S/c1-20-13-5-6-14-12(9-13)4-3-11-7-8-18-17(19)15(10-21-2)16(11)14/h5-6,9,11H,3-4,7-8,10H2,1-2H3,(H,18,19). The van der Waals surface area contributed by atoms with Crippen LogP contribution in [-0.4, -0.2) is 31.6 Å². The molecular weight excluding hydrogens is 282 g/mol. The number of rotatable bonds is 3. The number of amides is 1. The van der Waals surface area contributed by atoms with E-state index >= 15 is 0 Å². The summed E-state index contributed by atoms with van der Waals surface area (Å²) in [5, 5.41) is 3.05. The van der Waals surface area contributed by atoms with Crippen LogP contribution in [0.5, 0.6) is 5.75 Å². The zero-order chi connectivity index (χ0) is 14.8. The van der Waals surface area contributed by atoms with Gasteiger partial charge in [-0.1, -0.05) is 6.07 Å². The van der Waals surface area contributed by atoms with Crippen molar-refractivity contribution in [1.82, 2.24) is 5.32 Å². The van der Waals surface area contributed by atoms with Gasteiger partial charge in [0, 0.05) is 17.9 Å². The largest absolute Gasteiger partial charge is 0.497 e. The normalized spacial score (nSPS) is 21.2. The summed E-state index contributed by atoms with van der Waals surface area (Å²) in [5.41, 5.74) is 4.82. The van der Waals surface area contributed by atoms with Gasteiger partial charge in [-0.2, -0.15) is 11.8 Å². The number of nitrogens with one attached hydrogen (secondary N) is 1. The Bertz CT molecular complexity index is 594. The van der Waals surface area contributed by atoms with Crippen LogP contribution in [0, 0.1) is 5.92 Å². The molecule has 1 aromatic rings. The Kier molecular flexibility index (Phi) is 4.24. The molecule has 1 heterocycles. The zero-order valence-electron chi connectivity index (χ0n) is 12.6. The minimum atomic E-state index is 0.116. The van der Waals surface area contributed by atoms with E-state index in [9.17, 15) is 4.79 Å². The van der Waals surface area contributed by atoms with E-state index in [2.05, 4.69) is 23.7 Å². The van der Waals surface area contributed by atoms with Crippen molar-refractivity contribution in [2.75, 3.05) is 25.7 Å². The highest BCUT2D eigenvalue weighted by atomic mass is 32.2. The predicted molar refractivity (Wildman–Crippen MR) is 87.7 cm³/mol. The van der Waals surface area contributed by atoms with Gasteiger partial charge in [-0.25, -0.2) is 0 Å². The maximum atomic E-state index is 12.4. The fourth-order valence-corrected chi connectivity index (χ4v) is 4.01. The SMILES string of the molecule is COc1ccc2c(c1)CCC1CCNC(=O)C(CSC)=C21. The third-order valence-electron chi connectivity index (χ3n) is 4.44. The van der Waals surface area contributed by atoms with Gasteiger partial charge < -0.3 is 10.1 Å². The summed E-state index contributed by atoms with van der Waals surface area (Å²) in [6.45, 7) is 0.788. The molecule has 0 aromatic heterocycles. The maximum Gasteiger partial charge on any atom is 0.248 e. The van der Waals surface area contributed by atoms with Gasteiger partial charge in [-0.15, -0.1) is 0 Å². The minimum Gasteiger partial charge on any atom is -0.497 e. The van der Waals surface area contributed by atoms with Gasteiger partial charge in [0.2, 0.25) is 5.91 Å². The van der Waals surface area contributed by atoms with Gasteiger partial charge in [0.05, 0.1) is 7.11 Å². The van der Waals surface area contributed by atoms with Crippen molar-refractivity contribution in [2.24, 2.45) is 5.92 Å². The Labute approximate surface area is 130 Å². The summed E-state index contributed by atoms with van der Waals surface area (Å²) in [6.07, 6.45) is 5.30. The van der Waals surface area contributed by atoms with E-state index in [0.29, 0.717) is 5.92 Å². The molecule has 4 heteroatoms. The smallest absolute Gasteiger partial charge is 0.248 e. The van der Waals surface area contributed by atoms with Gasteiger partial charge in [0.1, 0.15) is 5.75 Å². The van der Waals surface area contributed by atoms with Crippen LogP contribution in [0.15, 0.2) is 23.8 Å². The molecule has 1 amide bonds. The van der Waals surface area contributed by atoms with Crippen LogP contribution in [0.2, 0.25) is 0 Å². The summed E-state index contributed by atoms with van der Waals surface area (Å²) < 4.78 is 5.34. The number of benzene rings is 1. The average Bonchev–Trinajstić information content (AvgIpc) is 2.67. The molecule has 0 saturated carbocycles. The second kappa shape index (κ2) is 6.14. The second-order valence-electron chi connectivity index (χ2n) is 5.63. The van der Waals surface area contributed by atoms with Crippen LogP contribution in [0.1, 0.15) is 24.0 Å². The molecule has 1 N–H and O–H groups in total. The number of hydrogen-bond donors (Lipinski definition) is 1. The summed E-state index contributed by atoms with van der Waals surface area (Å²) in [5.74, 6) is 2.30. The molecule has 3 rings (SSSR count). The number of carbonyl (C=O) groups is 1. The fraction of sp³-hybridized carbons (Fsp3) is 0.471. The van der Waals surface area contributed by atoms with Crippen LogP contribution < -0.4 is 10.1 Å². The summed E-state index contributed by atoms with van der Waals surface area (Å²) in [4.78, 5) is 12.4. The quantitative estimate of drug-likeness (QED) is 0.933. The van der Waals surface area contributed by atoms with Crippen molar-refractivity contribution >= 4 is 23.2 Å². The van der Waals surface area contributed by atoms with E-state index in [1.54, 1.807) is 18.9 Å². The molecule has 2 aliphatic rings. The van der Waals surface area contributed by atoms with Crippen LogP contribution in [-0.2, 0) is 11.2 Å². The molecule has 0 radical (unpaired) electrons. The van der Waals surface area contributed by atoms with Crippen LogP contribution >= 0.6 is 11.8 Å². The molecule has 1 aliphatic carbocycles. The first-order chi connectivity index (χ1) is 10.2. The zero-order valence-corrected chi connectivity index (χ0v) is 13.4. The minimum absolute atomic E-state index is 0.116. The summed E-state index contributed by atoms with van der Waals surface area (Å²) in [6, 6.07) is 6.26. The van der Waals surface area contributed by atoms with E-state index in [4.69, 9.17) is 4.74 Å². The first kappa shape index (κ1) is 14.5. The predicted octanol–water partition coefficient (Wildman–Crippen LogP) is 2.89. The Hall–Kier alpha value is -1.42. The van der Waals surface area contributed by atoms with Crippen molar-refractivity contribution in [3.05, 3.63) is 34.9 Å². The van der Waals surface area contributed by atoms with Crippen molar-refractivity contribution in [2.45, 2.75) is 19.3 Å². The highest BCUT2D eigenvalue weighted by molar-refractivity contribution is 7.98. The molecule has 1 aromatic carbocycles. The molecule has 0 bridgehead atoms. The van der Waals surface area contributed by atoms with E-state index < -0.39 is 0 Å². The van der Waals surface area contributed by atoms with Crippen molar-refractivity contribution in [1.29, 1.82) is 0 Å². The average molecular weight is 303 g/mol. The number of ether oxygens (including phenoxy) is 1. The van der Waals surface area contributed by atoms with Crippen LogP contribution in [0.4, 0.5) is 0 Å². The maximum absolute atomic E-state index is 12.4. The lowest BCUT2D eigenvalue weighted by molar-refractivity contribution is -0.117. The fourth-order valence-electron chi connectivity index (χ4n) is 3.43. The second-order valence-corrected chi connectivity index (χ2v) is 6.49. The highest BCUT2D eigenvalue weighted by Gasteiger charge is 2.31. The van der Waals surface area contributed by atoms with E-state index in [-0.39, 0.29) is 5.91 Å². The van der Waals surface area contributed by atoms with Gasteiger partial charge in [-0.3, -0.25) is 4.79 Å². The molecule has 21 heavy (non-hydrogen) atoms. The number of allylic oxidation sites excluding steroid dienone is 1. The lowest BCUT2D eigenvalue weighted by atomic mass is 9.76. The number of hydrogen-bond acceptors (Lipinski definition) is 3. The van der Waals surface area contributed by atoms with Gasteiger partial charge in [0.25, 0.3) is 0 Å². The molecule has 1 unspecified atom stereocenters. The van der Waals surface area contributed by atoms with E-state index in [1.165, 1.54) is 16.7 Å². The Morgan fingerprint density at radius 2 is 2.24 bits per heavy atom. The lowest BCUT2D eigenvalue weighted by Gasteiger charge is -2.28. The lowest BCUT2D eigenvalue weighted by Crippen LogP contribution is -2.25. The number of thioether (sulfide) groups is 1. The van der Waals surface area contributed by atoms with Gasteiger partial charge in [0.15, 0.2) is 0 Å². The number of carbonyl (C=O) groups excluding carboxylic acids is 1. The molecule has 1 aliphatic heterocycles. The third-order valence-corrected chi connectivity index (χ3v) is 5.02. The highest BCUT2D eigenvalue weighted by Crippen LogP contribution is 2.41. The molecule has 1 atom stereocenters. The Morgan fingerprint density at radius 1 is 1.38 bits per heavy atom. The molecule has 0 saturated heterocycles. The number of methoxy groups -OCH3 is 1. The van der Waals surface area contributed by atoms with Crippen LogP contribution in [0.3, 0.4) is 0 Å².